The van der Waals surface area contributed by atoms with E-state index in [2.05, 4.69) is 5.10 Å². The van der Waals surface area contributed by atoms with Gasteiger partial charge in [-0.3, -0.25) is 9.59 Å². The number of rotatable bonds is 7. The number of aliphatic carboxylic acids is 1. The van der Waals surface area contributed by atoms with Crippen molar-refractivity contribution in [3.63, 3.8) is 0 Å². The number of aromatic nitrogens is 2. The Balaban J connectivity index is 2.30. The lowest BCUT2D eigenvalue weighted by atomic mass is 10.1. The van der Waals surface area contributed by atoms with E-state index >= 15 is 0 Å². The van der Waals surface area contributed by atoms with Crippen molar-refractivity contribution in [3.05, 3.63) is 46.2 Å². The predicted molar refractivity (Wildman–Crippen MR) is 101 cm³/mol. The van der Waals surface area contributed by atoms with Gasteiger partial charge in [0.05, 0.1) is 17.8 Å². The van der Waals surface area contributed by atoms with Gasteiger partial charge in [0.15, 0.2) is 0 Å². The summed E-state index contributed by atoms with van der Waals surface area (Å²) in [5.74, 6) is -1.22. The van der Waals surface area contributed by atoms with Crippen molar-refractivity contribution in [2.75, 3.05) is 6.54 Å². The van der Waals surface area contributed by atoms with Crippen molar-refractivity contribution in [2.45, 2.75) is 46.6 Å². The Morgan fingerprint density at radius 2 is 1.88 bits per heavy atom. The number of nitrogens with zero attached hydrogens (tertiary/aromatic N) is 3. The van der Waals surface area contributed by atoms with Crippen LogP contribution in [0.25, 0.3) is 5.69 Å². The molecule has 0 radical (unpaired) electrons. The van der Waals surface area contributed by atoms with Crippen molar-refractivity contribution >= 4 is 23.5 Å². The minimum atomic E-state index is -1.01. The molecule has 7 heteroatoms. The number of carbonyl (C=O) groups excluding carboxylic acids is 1. The molecule has 6 nitrogen and oxygen atoms in total. The highest BCUT2D eigenvalue weighted by Gasteiger charge is 2.24. The summed E-state index contributed by atoms with van der Waals surface area (Å²) in [5, 5.41) is 14.3. The number of hydrogen-bond acceptors (Lipinski definition) is 3. The molecule has 26 heavy (non-hydrogen) atoms. The average molecular weight is 378 g/mol. The van der Waals surface area contributed by atoms with E-state index in [1.807, 2.05) is 39.8 Å². The minimum Gasteiger partial charge on any atom is -0.480 e. The molecular weight excluding hydrogens is 354 g/mol. The molecule has 2 rings (SSSR count). The van der Waals surface area contributed by atoms with Crippen molar-refractivity contribution < 1.29 is 14.7 Å². The van der Waals surface area contributed by atoms with Gasteiger partial charge < -0.3 is 10.0 Å². The Kier molecular flexibility index (Phi) is 6.42. The third kappa shape index (κ3) is 4.43. The molecule has 1 N–H and O–H groups in total. The number of hydrogen-bond donors (Lipinski definition) is 1. The van der Waals surface area contributed by atoms with Crippen LogP contribution in [0.15, 0.2) is 24.3 Å². The highest BCUT2D eigenvalue weighted by atomic mass is 35.5. The van der Waals surface area contributed by atoms with Crippen LogP contribution in [0, 0.1) is 13.8 Å². The summed E-state index contributed by atoms with van der Waals surface area (Å²) >= 11 is 5.94. The van der Waals surface area contributed by atoms with E-state index in [9.17, 15) is 9.59 Å². The fraction of sp³-hybridized carbons (Fsp3) is 0.421. The summed E-state index contributed by atoms with van der Waals surface area (Å²) in [6.07, 6.45) is 0.823. The largest absolute Gasteiger partial charge is 0.480 e. The zero-order chi connectivity index (χ0) is 19.4. The fourth-order valence-electron chi connectivity index (χ4n) is 2.87. The minimum absolute atomic E-state index is 0.128. The molecule has 0 aliphatic rings. The predicted octanol–water partition coefficient (Wildman–Crippen LogP) is 3.40. The van der Waals surface area contributed by atoms with E-state index in [1.165, 1.54) is 4.90 Å². The zero-order valence-corrected chi connectivity index (χ0v) is 16.2. The molecule has 1 aromatic heterocycles. The molecule has 1 amide bonds. The van der Waals surface area contributed by atoms with Gasteiger partial charge >= 0.3 is 5.97 Å². The number of benzene rings is 1. The molecule has 140 valence electrons. The molecule has 1 heterocycles. The van der Waals surface area contributed by atoms with Crippen LogP contribution in [0.5, 0.6) is 0 Å². The van der Waals surface area contributed by atoms with Crippen LogP contribution in [-0.4, -0.2) is 44.3 Å². The van der Waals surface area contributed by atoms with Crippen LogP contribution in [0.2, 0.25) is 5.02 Å². The van der Waals surface area contributed by atoms with Gasteiger partial charge in [0.1, 0.15) is 6.54 Å². The first kappa shape index (κ1) is 20.0. The maximum atomic E-state index is 12.8. The van der Waals surface area contributed by atoms with Gasteiger partial charge in [-0.1, -0.05) is 18.5 Å². The SMILES string of the molecule is CCC(C)N(CC(=O)O)C(=O)Cc1c(C)nn(-c2ccc(Cl)cc2)c1C. The molecular formula is C19H24ClN3O3. The van der Waals surface area contributed by atoms with Crippen molar-refractivity contribution in [2.24, 2.45) is 0 Å². The van der Waals surface area contributed by atoms with Gasteiger partial charge in [-0.2, -0.15) is 5.10 Å². The van der Waals surface area contributed by atoms with Crippen molar-refractivity contribution in [1.82, 2.24) is 14.7 Å². The van der Waals surface area contributed by atoms with Gasteiger partial charge in [-0.15, -0.1) is 0 Å². The topological polar surface area (TPSA) is 75.4 Å². The van der Waals surface area contributed by atoms with Gasteiger partial charge in [-0.05, 0) is 51.5 Å². The maximum Gasteiger partial charge on any atom is 0.323 e. The first-order chi connectivity index (χ1) is 12.2. The molecule has 0 spiro atoms. The van der Waals surface area contributed by atoms with E-state index in [4.69, 9.17) is 16.7 Å². The van der Waals surface area contributed by atoms with E-state index < -0.39 is 5.97 Å². The van der Waals surface area contributed by atoms with Gasteiger partial charge in [-0.25, -0.2) is 4.68 Å². The summed E-state index contributed by atoms with van der Waals surface area (Å²) in [6.45, 7) is 7.26. The lowest BCUT2D eigenvalue weighted by molar-refractivity contribution is -0.145. The molecule has 1 unspecified atom stereocenters. The Morgan fingerprint density at radius 3 is 2.42 bits per heavy atom. The van der Waals surface area contributed by atoms with Crippen molar-refractivity contribution in [1.29, 1.82) is 0 Å². The summed E-state index contributed by atoms with van der Waals surface area (Å²) in [7, 11) is 0. The van der Waals surface area contributed by atoms with Gasteiger partial charge in [0.25, 0.3) is 0 Å². The van der Waals surface area contributed by atoms with Crippen molar-refractivity contribution in [3.8, 4) is 5.69 Å². The molecule has 0 aliphatic carbocycles. The monoisotopic (exact) mass is 377 g/mol. The Bertz CT molecular complexity index is 799. The van der Waals surface area contributed by atoms with Crippen LogP contribution in [-0.2, 0) is 16.0 Å². The maximum absolute atomic E-state index is 12.8. The Morgan fingerprint density at radius 1 is 1.27 bits per heavy atom. The van der Waals surface area contributed by atoms with E-state index in [0.717, 1.165) is 22.6 Å². The number of carboxylic acids is 1. The summed E-state index contributed by atoms with van der Waals surface area (Å²) in [4.78, 5) is 25.3. The number of halogens is 1. The first-order valence-corrected chi connectivity index (χ1v) is 8.94. The smallest absolute Gasteiger partial charge is 0.323 e. The van der Waals surface area contributed by atoms with E-state index in [1.54, 1.807) is 16.8 Å². The Labute approximate surface area is 158 Å². The zero-order valence-electron chi connectivity index (χ0n) is 15.5. The van der Waals surface area contributed by atoms with E-state index in [-0.39, 0.29) is 24.9 Å². The molecule has 0 bridgehead atoms. The number of carbonyl (C=O) groups is 2. The normalized spacial score (nSPS) is 12.0. The molecule has 0 saturated heterocycles. The van der Waals surface area contributed by atoms with E-state index in [0.29, 0.717) is 11.4 Å². The molecule has 1 atom stereocenters. The second-order valence-electron chi connectivity index (χ2n) is 6.39. The number of aryl methyl sites for hydroxylation is 1. The van der Waals surface area contributed by atoms with Crippen LogP contribution in [0.1, 0.15) is 37.2 Å². The summed E-state index contributed by atoms with van der Waals surface area (Å²) in [5.41, 5.74) is 3.30. The molecule has 1 aromatic carbocycles. The van der Waals surface area contributed by atoms with Crippen LogP contribution >= 0.6 is 11.6 Å². The quantitative estimate of drug-likeness (QED) is 0.802. The number of carboxylic acid groups (broad SMARTS) is 1. The number of amides is 1. The van der Waals surface area contributed by atoms with Crippen LogP contribution < -0.4 is 0 Å². The first-order valence-electron chi connectivity index (χ1n) is 8.56. The van der Waals surface area contributed by atoms with Gasteiger partial charge in [0, 0.05) is 22.3 Å². The highest BCUT2D eigenvalue weighted by molar-refractivity contribution is 6.30. The highest BCUT2D eigenvalue weighted by Crippen LogP contribution is 2.21. The van der Waals surface area contributed by atoms with Crippen LogP contribution in [0.4, 0.5) is 0 Å². The van der Waals surface area contributed by atoms with Crippen LogP contribution in [0.3, 0.4) is 0 Å². The third-order valence-electron chi connectivity index (χ3n) is 4.59. The fourth-order valence-corrected chi connectivity index (χ4v) is 3.00. The van der Waals surface area contributed by atoms with Gasteiger partial charge in [0.2, 0.25) is 5.91 Å². The standard InChI is InChI=1S/C19H24ClN3O3/c1-5-12(2)22(11-19(25)26)18(24)10-17-13(3)21-23(14(17)4)16-8-6-15(20)7-9-16/h6-9,12H,5,10-11H2,1-4H3,(H,25,26). The summed E-state index contributed by atoms with van der Waals surface area (Å²) < 4.78 is 1.78. The average Bonchev–Trinajstić information content (AvgIpc) is 2.87. The lowest BCUT2D eigenvalue weighted by Gasteiger charge is -2.27. The third-order valence-corrected chi connectivity index (χ3v) is 4.84. The molecule has 0 aliphatic heterocycles. The molecule has 0 saturated carbocycles. The second-order valence-corrected chi connectivity index (χ2v) is 6.82. The summed E-state index contributed by atoms with van der Waals surface area (Å²) in [6, 6.07) is 7.17. The lowest BCUT2D eigenvalue weighted by Crippen LogP contribution is -2.42. The molecule has 2 aromatic rings. The second kappa shape index (κ2) is 8.36. The Hall–Kier alpha value is -2.34. The molecule has 0 fully saturated rings.